The number of hydrogen-bond acceptors (Lipinski definition) is 2. The summed E-state index contributed by atoms with van der Waals surface area (Å²) in [5.74, 6) is -0.477. The van der Waals surface area contributed by atoms with Crippen molar-refractivity contribution in [3.05, 3.63) is 35.6 Å². The predicted octanol–water partition coefficient (Wildman–Crippen LogP) is 1.74. The minimum atomic E-state index is -0.816. The summed E-state index contributed by atoms with van der Waals surface area (Å²) < 4.78 is 13.4. The number of halogens is 1. The van der Waals surface area contributed by atoms with Crippen LogP contribution in [-0.4, -0.2) is 34.6 Å². The zero-order chi connectivity index (χ0) is 13.2. The van der Waals surface area contributed by atoms with Crippen molar-refractivity contribution >= 4 is 5.91 Å². The molecule has 1 N–H and O–H groups in total. The number of β-amino-alcohol motifs (C(OH)–C–C–N with tert-alkyl or cyclic N) is 1. The number of nitrogens with zero attached hydrogens (tertiary/aromatic N) is 1. The van der Waals surface area contributed by atoms with E-state index >= 15 is 0 Å². The van der Waals surface area contributed by atoms with Crippen LogP contribution in [-0.2, 0) is 11.2 Å². The van der Waals surface area contributed by atoms with Crippen molar-refractivity contribution in [2.24, 2.45) is 0 Å². The van der Waals surface area contributed by atoms with Crippen molar-refractivity contribution in [2.45, 2.75) is 31.8 Å². The lowest BCUT2D eigenvalue weighted by Gasteiger charge is -2.36. The third-order valence-electron chi connectivity index (χ3n) is 3.33. The van der Waals surface area contributed by atoms with E-state index in [0.29, 0.717) is 25.1 Å². The van der Waals surface area contributed by atoms with Crippen LogP contribution in [0.2, 0.25) is 0 Å². The molecule has 1 heterocycles. The van der Waals surface area contributed by atoms with Crippen LogP contribution >= 0.6 is 0 Å². The molecule has 0 bridgehead atoms. The minimum Gasteiger partial charge on any atom is -0.388 e. The van der Waals surface area contributed by atoms with Crippen molar-refractivity contribution in [1.29, 1.82) is 0 Å². The number of amides is 1. The molecule has 0 aromatic heterocycles. The van der Waals surface area contributed by atoms with Crippen LogP contribution in [0.4, 0.5) is 4.39 Å². The van der Waals surface area contributed by atoms with Gasteiger partial charge < -0.3 is 10.0 Å². The molecule has 4 heteroatoms. The summed E-state index contributed by atoms with van der Waals surface area (Å²) in [4.78, 5) is 13.7. The number of benzene rings is 1. The molecule has 1 saturated heterocycles. The highest BCUT2D eigenvalue weighted by Crippen LogP contribution is 2.21. The second kappa shape index (κ2) is 5.06. The van der Waals surface area contributed by atoms with Gasteiger partial charge in [0.15, 0.2) is 0 Å². The van der Waals surface area contributed by atoms with Crippen LogP contribution in [0, 0.1) is 5.82 Å². The average Bonchev–Trinajstić information content (AvgIpc) is 2.31. The van der Waals surface area contributed by atoms with Gasteiger partial charge in [-0.2, -0.15) is 0 Å². The standard InChI is InChI=1S/C14H18FNO2/c1-14(18)7-4-8-16(10-14)13(17)9-11-5-2-3-6-12(11)15/h2-3,5-6,18H,4,7-10H2,1H3. The largest absolute Gasteiger partial charge is 0.388 e. The lowest BCUT2D eigenvalue weighted by atomic mass is 9.94. The van der Waals surface area contributed by atoms with Crippen LogP contribution in [0.5, 0.6) is 0 Å². The summed E-state index contributed by atoms with van der Waals surface area (Å²) in [6.45, 7) is 2.71. The third-order valence-corrected chi connectivity index (χ3v) is 3.33. The molecular weight excluding hydrogens is 233 g/mol. The number of rotatable bonds is 2. The van der Waals surface area contributed by atoms with Crippen molar-refractivity contribution in [1.82, 2.24) is 4.90 Å². The van der Waals surface area contributed by atoms with Gasteiger partial charge in [-0.3, -0.25) is 4.79 Å². The van der Waals surface area contributed by atoms with E-state index in [1.165, 1.54) is 6.07 Å². The lowest BCUT2D eigenvalue weighted by molar-refractivity contribution is -0.136. The SMILES string of the molecule is CC1(O)CCCN(C(=O)Cc2ccccc2F)C1. The van der Waals surface area contributed by atoms with Gasteiger partial charge in [0.2, 0.25) is 5.91 Å². The molecule has 2 rings (SSSR count). The average molecular weight is 251 g/mol. The Hall–Kier alpha value is -1.42. The number of carbonyl (C=O) groups is 1. The maximum Gasteiger partial charge on any atom is 0.227 e. The molecule has 1 aliphatic heterocycles. The minimum absolute atomic E-state index is 0.0583. The van der Waals surface area contributed by atoms with Gasteiger partial charge in [-0.25, -0.2) is 4.39 Å². The Kier molecular flexibility index (Phi) is 3.66. The highest BCUT2D eigenvalue weighted by atomic mass is 19.1. The van der Waals surface area contributed by atoms with Crippen LogP contribution in [0.15, 0.2) is 24.3 Å². The fraction of sp³-hybridized carbons (Fsp3) is 0.500. The van der Waals surface area contributed by atoms with E-state index in [-0.39, 0.29) is 18.1 Å². The van der Waals surface area contributed by atoms with Crippen molar-refractivity contribution in [3.63, 3.8) is 0 Å². The fourth-order valence-corrected chi connectivity index (χ4v) is 2.35. The van der Waals surface area contributed by atoms with Gasteiger partial charge in [0.25, 0.3) is 0 Å². The molecule has 1 unspecified atom stereocenters. The summed E-state index contributed by atoms with van der Waals surface area (Å²) in [6.07, 6.45) is 1.55. The molecule has 0 radical (unpaired) electrons. The second-order valence-corrected chi connectivity index (χ2v) is 5.18. The highest BCUT2D eigenvalue weighted by molar-refractivity contribution is 5.79. The molecule has 0 aliphatic carbocycles. The van der Waals surface area contributed by atoms with E-state index < -0.39 is 5.60 Å². The van der Waals surface area contributed by atoms with Gasteiger partial charge in [-0.1, -0.05) is 18.2 Å². The first-order valence-corrected chi connectivity index (χ1v) is 6.21. The van der Waals surface area contributed by atoms with Crippen LogP contribution in [0.3, 0.4) is 0 Å². The lowest BCUT2D eigenvalue weighted by Crippen LogP contribution is -2.49. The van der Waals surface area contributed by atoms with Crippen LogP contribution in [0.25, 0.3) is 0 Å². The first kappa shape index (κ1) is 13.0. The predicted molar refractivity (Wildman–Crippen MR) is 66.5 cm³/mol. The highest BCUT2D eigenvalue weighted by Gasteiger charge is 2.30. The van der Waals surface area contributed by atoms with E-state index in [1.54, 1.807) is 30.0 Å². The summed E-state index contributed by atoms with van der Waals surface area (Å²) in [5.41, 5.74) is -0.406. The van der Waals surface area contributed by atoms with E-state index in [0.717, 1.165) is 6.42 Å². The number of piperidine rings is 1. The van der Waals surface area contributed by atoms with Gasteiger partial charge >= 0.3 is 0 Å². The molecule has 98 valence electrons. The van der Waals surface area contributed by atoms with E-state index in [1.807, 2.05) is 0 Å². The number of likely N-dealkylation sites (tertiary alicyclic amines) is 1. The molecule has 1 aromatic carbocycles. The number of aliphatic hydroxyl groups is 1. The Morgan fingerprint density at radius 2 is 2.22 bits per heavy atom. The Morgan fingerprint density at radius 3 is 2.89 bits per heavy atom. The Labute approximate surface area is 106 Å². The van der Waals surface area contributed by atoms with Gasteiger partial charge in [0, 0.05) is 13.1 Å². The molecule has 1 atom stereocenters. The van der Waals surface area contributed by atoms with E-state index in [9.17, 15) is 14.3 Å². The summed E-state index contributed by atoms with van der Waals surface area (Å²) >= 11 is 0. The van der Waals surface area contributed by atoms with Crippen molar-refractivity contribution in [2.75, 3.05) is 13.1 Å². The molecule has 3 nitrogen and oxygen atoms in total. The van der Waals surface area contributed by atoms with Crippen molar-refractivity contribution in [3.8, 4) is 0 Å². The Bertz CT molecular complexity index is 445. The molecule has 1 fully saturated rings. The summed E-state index contributed by atoms with van der Waals surface area (Å²) in [5, 5.41) is 9.95. The zero-order valence-corrected chi connectivity index (χ0v) is 10.5. The third kappa shape index (κ3) is 3.07. The van der Waals surface area contributed by atoms with Crippen molar-refractivity contribution < 1.29 is 14.3 Å². The second-order valence-electron chi connectivity index (χ2n) is 5.18. The smallest absolute Gasteiger partial charge is 0.227 e. The zero-order valence-electron chi connectivity index (χ0n) is 10.5. The van der Waals surface area contributed by atoms with E-state index in [2.05, 4.69) is 0 Å². The Balaban J connectivity index is 2.02. The maximum absolute atomic E-state index is 13.4. The van der Waals surface area contributed by atoms with Gasteiger partial charge in [0.05, 0.1) is 12.0 Å². The fourth-order valence-electron chi connectivity index (χ4n) is 2.35. The van der Waals surface area contributed by atoms with E-state index in [4.69, 9.17) is 0 Å². The monoisotopic (exact) mass is 251 g/mol. The van der Waals surface area contributed by atoms with Gasteiger partial charge in [-0.15, -0.1) is 0 Å². The molecule has 1 amide bonds. The first-order chi connectivity index (χ1) is 8.48. The van der Waals surface area contributed by atoms with Gasteiger partial charge in [0.1, 0.15) is 5.82 Å². The number of carbonyl (C=O) groups excluding carboxylic acids is 1. The number of hydrogen-bond donors (Lipinski definition) is 1. The van der Waals surface area contributed by atoms with Crippen LogP contribution in [0.1, 0.15) is 25.3 Å². The first-order valence-electron chi connectivity index (χ1n) is 6.21. The van der Waals surface area contributed by atoms with Crippen LogP contribution < -0.4 is 0 Å². The maximum atomic E-state index is 13.4. The molecule has 0 saturated carbocycles. The topological polar surface area (TPSA) is 40.5 Å². The quantitative estimate of drug-likeness (QED) is 0.869. The molecule has 1 aliphatic rings. The normalized spacial score (nSPS) is 24.1. The molecule has 0 spiro atoms. The molecular formula is C14H18FNO2. The molecule has 18 heavy (non-hydrogen) atoms. The molecule has 1 aromatic rings. The Morgan fingerprint density at radius 1 is 1.50 bits per heavy atom. The summed E-state index contributed by atoms with van der Waals surface area (Å²) in [6, 6.07) is 6.30. The summed E-state index contributed by atoms with van der Waals surface area (Å²) in [7, 11) is 0. The van der Waals surface area contributed by atoms with Gasteiger partial charge in [-0.05, 0) is 31.4 Å².